The van der Waals surface area contributed by atoms with Crippen molar-refractivity contribution in [3.63, 3.8) is 0 Å². The Balaban J connectivity index is 3.28. The number of hydrogen-bond acceptors (Lipinski definition) is 5. The van der Waals surface area contributed by atoms with Crippen molar-refractivity contribution in [3.05, 3.63) is 17.7 Å². The molecule has 0 heterocycles. The van der Waals surface area contributed by atoms with Gasteiger partial charge in [-0.3, -0.25) is 0 Å². The van der Waals surface area contributed by atoms with Crippen LogP contribution in [0, 0.1) is 0 Å². The Morgan fingerprint density at radius 3 is 2.08 bits per heavy atom. The molecule has 0 saturated carbocycles. The van der Waals surface area contributed by atoms with E-state index in [2.05, 4.69) is 4.74 Å². The molecule has 0 spiro atoms. The summed E-state index contributed by atoms with van der Waals surface area (Å²) in [7, 11) is 1.26. The van der Waals surface area contributed by atoms with E-state index in [1.807, 2.05) is 0 Å². The Bertz CT molecular complexity index is 326. The monoisotopic (exact) mass is 181 g/mol. The highest BCUT2D eigenvalue weighted by Crippen LogP contribution is 2.23. The Labute approximate surface area is 75.5 Å². The number of methoxy groups -OCH3 is 1. The first-order chi connectivity index (χ1) is 6.06. The van der Waals surface area contributed by atoms with Gasteiger partial charge in [0.1, 0.15) is 5.56 Å². The first-order valence-electron chi connectivity index (χ1n) is 3.59. The fourth-order valence-corrected chi connectivity index (χ4v) is 1.05. The molecule has 0 radical (unpaired) electrons. The molecule has 1 rings (SSSR count). The molecule has 1 aromatic carbocycles. The third kappa shape index (κ3) is 1.64. The first kappa shape index (κ1) is 9.18. The molecule has 70 valence electrons. The first-order valence-corrected chi connectivity index (χ1v) is 3.59. The van der Waals surface area contributed by atoms with Gasteiger partial charge >= 0.3 is 5.97 Å². The van der Waals surface area contributed by atoms with Gasteiger partial charge in [-0.25, -0.2) is 4.79 Å². The zero-order valence-electron chi connectivity index (χ0n) is 7.20. The van der Waals surface area contributed by atoms with Crippen molar-refractivity contribution in [3.8, 4) is 0 Å². The molecule has 13 heavy (non-hydrogen) atoms. The van der Waals surface area contributed by atoms with Gasteiger partial charge in [0.15, 0.2) is 0 Å². The molecule has 0 unspecified atom stereocenters. The number of rotatable bonds is 1. The number of anilines is 3. The van der Waals surface area contributed by atoms with E-state index in [1.54, 1.807) is 0 Å². The van der Waals surface area contributed by atoms with Crippen LogP contribution >= 0.6 is 0 Å². The van der Waals surface area contributed by atoms with Crippen LogP contribution in [0.4, 0.5) is 17.1 Å². The van der Waals surface area contributed by atoms with Gasteiger partial charge in [0.05, 0.1) is 18.5 Å². The fourth-order valence-electron chi connectivity index (χ4n) is 1.05. The number of carbonyl (C=O) groups is 1. The van der Waals surface area contributed by atoms with Crippen LogP contribution in [0.3, 0.4) is 0 Å². The van der Waals surface area contributed by atoms with E-state index >= 15 is 0 Å². The zero-order valence-corrected chi connectivity index (χ0v) is 7.20. The topological polar surface area (TPSA) is 104 Å². The van der Waals surface area contributed by atoms with Crippen molar-refractivity contribution >= 4 is 23.0 Å². The summed E-state index contributed by atoms with van der Waals surface area (Å²) in [5, 5.41) is 0. The summed E-state index contributed by atoms with van der Waals surface area (Å²) in [5.41, 5.74) is 17.6. The fraction of sp³-hybridized carbons (Fsp3) is 0.125. The average Bonchev–Trinajstić information content (AvgIpc) is 2.02. The third-order valence-corrected chi connectivity index (χ3v) is 1.61. The standard InChI is InChI=1S/C8H11N3O2/c1-13-8(12)7-5(10)2-4(9)3-6(7)11/h2-3H,9-11H2,1H3. The van der Waals surface area contributed by atoms with Crippen LogP contribution in [-0.2, 0) is 4.74 Å². The minimum atomic E-state index is -0.560. The lowest BCUT2D eigenvalue weighted by atomic mass is 10.1. The molecule has 0 bridgehead atoms. The molecule has 0 aliphatic heterocycles. The number of hydrogen-bond donors (Lipinski definition) is 3. The second kappa shape index (κ2) is 3.22. The van der Waals surface area contributed by atoms with E-state index in [1.165, 1.54) is 19.2 Å². The third-order valence-electron chi connectivity index (χ3n) is 1.61. The molecule has 0 saturated heterocycles. The smallest absolute Gasteiger partial charge is 0.342 e. The molecule has 0 amide bonds. The van der Waals surface area contributed by atoms with Crippen LogP contribution in [0.25, 0.3) is 0 Å². The molecule has 5 nitrogen and oxygen atoms in total. The predicted molar refractivity (Wildman–Crippen MR) is 51.0 cm³/mol. The Kier molecular flexibility index (Phi) is 2.27. The summed E-state index contributed by atoms with van der Waals surface area (Å²) < 4.78 is 4.50. The van der Waals surface area contributed by atoms with Gasteiger partial charge in [-0.15, -0.1) is 0 Å². The van der Waals surface area contributed by atoms with E-state index in [-0.39, 0.29) is 16.9 Å². The van der Waals surface area contributed by atoms with Crippen molar-refractivity contribution in [2.24, 2.45) is 0 Å². The quantitative estimate of drug-likeness (QED) is 0.424. The lowest BCUT2D eigenvalue weighted by Gasteiger charge is -2.07. The van der Waals surface area contributed by atoms with E-state index < -0.39 is 5.97 Å². The van der Waals surface area contributed by atoms with Gasteiger partial charge in [0.2, 0.25) is 0 Å². The van der Waals surface area contributed by atoms with E-state index in [0.717, 1.165) is 0 Å². The number of nitrogens with two attached hydrogens (primary N) is 3. The number of benzene rings is 1. The van der Waals surface area contributed by atoms with Crippen LogP contribution in [0.15, 0.2) is 12.1 Å². The Morgan fingerprint density at radius 2 is 1.69 bits per heavy atom. The number of esters is 1. The SMILES string of the molecule is COC(=O)c1c(N)cc(N)cc1N. The highest BCUT2D eigenvalue weighted by atomic mass is 16.5. The Hall–Kier alpha value is -1.91. The van der Waals surface area contributed by atoms with Crippen molar-refractivity contribution in [1.29, 1.82) is 0 Å². The van der Waals surface area contributed by atoms with Crippen LogP contribution < -0.4 is 17.2 Å². The van der Waals surface area contributed by atoms with E-state index in [9.17, 15) is 4.79 Å². The molecule has 0 atom stereocenters. The average molecular weight is 181 g/mol. The summed E-state index contributed by atoms with van der Waals surface area (Å²) in [5.74, 6) is -0.560. The lowest BCUT2D eigenvalue weighted by molar-refractivity contribution is 0.0603. The molecule has 6 N–H and O–H groups in total. The second-order valence-corrected chi connectivity index (χ2v) is 2.57. The molecule has 5 heteroatoms. The molecule has 0 aromatic heterocycles. The maximum atomic E-state index is 11.1. The van der Waals surface area contributed by atoms with E-state index in [0.29, 0.717) is 5.69 Å². The van der Waals surface area contributed by atoms with Gasteiger partial charge in [-0.1, -0.05) is 0 Å². The maximum absolute atomic E-state index is 11.1. The van der Waals surface area contributed by atoms with Gasteiger partial charge < -0.3 is 21.9 Å². The summed E-state index contributed by atoms with van der Waals surface area (Å²) in [6.45, 7) is 0. The highest BCUT2D eigenvalue weighted by Gasteiger charge is 2.14. The van der Waals surface area contributed by atoms with Gasteiger partial charge in [-0.05, 0) is 12.1 Å². The van der Waals surface area contributed by atoms with Gasteiger partial charge in [0, 0.05) is 5.69 Å². The largest absolute Gasteiger partial charge is 0.465 e. The summed E-state index contributed by atoms with van der Waals surface area (Å²) in [4.78, 5) is 11.1. The van der Waals surface area contributed by atoms with Crippen molar-refractivity contribution in [2.75, 3.05) is 24.3 Å². The lowest BCUT2D eigenvalue weighted by Crippen LogP contribution is -2.09. The molecule has 0 fully saturated rings. The minimum Gasteiger partial charge on any atom is -0.465 e. The minimum absolute atomic E-state index is 0.164. The molecule has 0 aliphatic carbocycles. The Morgan fingerprint density at radius 1 is 1.23 bits per heavy atom. The number of nitrogen functional groups attached to an aromatic ring is 3. The number of carbonyl (C=O) groups excluding carboxylic acids is 1. The summed E-state index contributed by atoms with van der Waals surface area (Å²) >= 11 is 0. The predicted octanol–water partition coefficient (Wildman–Crippen LogP) is 0.220. The van der Waals surface area contributed by atoms with Crippen LogP contribution in [0.2, 0.25) is 0 Å². The van der Waals surface area contributed by atoms with Crippen molar-refractivity contribution in [2.45, 2.75) is 0 Å². The molecule has 0 aliphatic rings. The van der Waals surface area contributed by atoms with Crippen LogP contribution in [0.5, 0.6) is 0 Å². The normalized spacial score (nSPS) is 9.62. The maximum Gasteiger partial charge on any atom is 0.342 e. The highest BCUT2D eigenvalue weighted by molar-refractivity contribution is 6.01. The van der Waals surface area contributed by atoms with Crippen LogP contribution in [-0.4, -0.2) is 13.1 Å². The van der Waals surface area contributed by atoms with Gasteiger partial charge in [0.25, 0.3) is 0 Å². The second-order valence-electron chi connectivity index (χ2n) is 2.57. The van der Waals surface area contributed by atoms with Gasteiger partial charge in [-0.2, -0.15) is 0 Å². The van der Waals surface area contributed by atoms with Crippen LogP contribution in [0.1, 0.15) is 10.4 Å². The molecular formula is C8H11N3O2. The molecule has 1 aromatic rings. The van der Waals surface area contributed by atoms with Crippen molar-refractivity contribution < 1.29 is 9.53 Å². The number of ether oxygens (including phenoxy) is 1. The molecular weight excluding hydrogens is 170 g/mol. The van der Waals surface area contributed by atoms with E-state index in [4.69, 9.17) is 17.2 Å². The summed E-state index contributed by atoms with van der Waals surface area (Å²) in [6, 6.07) is 2.92. The zero-order chi connectivity index (χ0) is 10.0. The summed E-state index contributed by atoms with van der Waals surface area (Å²) in [6.07, 6.45) is 0. The van der Waals surface area contributed by atoms with Crippen molar-refractivity contribution in [1.82, 2.24) is 0 Å².